The number of aryl methyl sites for hydroxylation is 1. The van der Waals surface area contributed by atoms with Gasteiger partial charge in [-0.05, 0) is 44.0 Å². The number of likely N-dealkylation sites (tertiary alicyclic amines) is 1. The number of ether oxygens (including phenoxy) is 1. The van der Waals surface area contributed by atoms with E-state index in [1.165, 1.54) is 19.2 Å². The van der Waals surface area contributed by atoms with Gasteiger partial charge in [-0.2, -0.15) is 23.1 Å². The highest BCUT2D eigenvalue weighted by molar-refractivity contribution is 5.92. The van der Waals surface area contributed by atoms with E-state index < -0.39 is 40.7 Å². The number of rotatable bonds is 8. The first-order valence-electron chi connectivity index (χ1n) is 14.6. The van der Waals surface area contributed by atoms with Crippen molar-refractivity contribution in [2.45, 2.75) is 44.1 Å². The van der Waals surface area contributed by atoms with Crippen molar-refractivity contribution in [3.63, 3.8) is 0 Å². The lowest BCUT2D eigenvalue weighted by atomic mass is 9.95. The van der Waals surface area contributed by atoms with Crippen molar-refractivity contribution in [3.8, 4) is 17.4 Å². The molecule has 3 saturated heterocycles. The highest BCUT2D eigenvalue weighted by Gasteiger charge is 2.49. The van der Waals surface area contributed by atoms with Gasteiger partial charge in [-0.15, -0.1) is 0 Å². The smallest absolute Gasteiger partial charge is 0.418 e. The van der Waals surface area contributed by atoms with E-state index in [0.29, 0.717) is 26.2 Å². The number of alkyl halides is 4. The monoisotopic (exact) mass is 632 g/mol. The van der Waals surface area contributed by atoms with Crippen LogP contribution >= 0.6 is 0 Å². The van der Waals surface area contributed by atoms with Crippen LogP contribution in [0.25, 0.3) is 22.3 Å². The topological polar surface area (TPSA) is 114 Å². The Labute approximate surface area is 256 Å². The maximum Gasteiger partial charge on any atom is 0.418 e. The van der Waals surface area contributed by atoms with Crippen LogP contribution in [0.5, 0.6) is 6.01 Å². The summed E-state index contributed by atoms with van der Waals surface area (Å²) < 4.78 is 79.1. The Balaban J connectivity index is 1.41. The van der Waals surface area contributed by atoms with Gasteiger partial charge in [-0.25, -0.2) is 13.8 Å². The largest absolute Gasteiger partial charge is 0.461 e. The van der Waals surface area contributed by atoms with Crippen molar-refractivity contribution in [2.75, 3.05) is 57.0 Å². The second-order valence-corrected chi connectivity index (χ2v) is 12.2. The quantitative estimate of drug-likeness (QED) is 0.289. The van der Waals surface area contributed by atoms with Gasteiger partial charge in [-0.3, -0.25) is 14.7 Å². The molecule has 0 aliphatic carbocycles. The van der Waals surface area contributed by atoms with Crippen LogP contribution in [0.3, 0.4) is 0 Å². The number of hydrogen-bond acceptors (Lipinski definition) is 9. The van der Waals surface area contributed by atoms with Crippen LogP contribution in [0.4, 0.5) is 33.6 Å². The van der Waals surface area contributed by atoms with E-state index in [9.17, 15) is 22.4 Å². The highest BCUT2D eigenvalue weighted by Crippen LogP contribution is 2.42. The summed E-state index contributed by atoms with van der Waals surface area (Å²) in [7, 11) is 1.72. The number of carbonyl (C=O) groups excluding carboxylic acids is 1. The fourth-order valence-corrected chi connectivity index (χ4v) is 6.89. The molecule has 2 N–H and O–H groups in total. The number of pyridine rings is 2. The van der Waals surface area contributed by atoms with Gasteiger partial charge in [-0.1, -0.05) is 6.58 Å². The molecule has 0 saturated carbocycles. The summed E-state index contributed by atoms with van der Waals surface area (Å²) in [6.07, 6.45) is -1.51. The molecule has 1 amide bonds. The summed E-state index contributed by atoms with van der Waals surface area (Å²) in [6.45, 7) is 7.22. The van der Waals surface area contributed by atoms with Crippen LogP contribution in [0.1, 0.15) is 30.4 Å². The minimum Gasteiger partial charge on any atom is -0.461 e. The van der Waals surface area contributed by atoms with Gasteiger partial charge >= 0.3 is 12.2 Å². The van der Waals surface area contributed by atoms with E-state index >= 15 is 4.39 Å². The molecule has 2 atom stereocenters. The number of hydrogen-bond donors (Lipinski definition) is 1. The number of nitrogen functional groups attached to an aromatic ring is 1. The Morgan fingerprint density at radius 1 is 1.24 bits per heavy atom. The summed E-state index contributed by atoms with van der Waals surface area (Å²) in [5.74, 6) is -1.23. The van der Waals surface area contributed by atoms with Gasteiger partial charge in [0.25, 0.3) is 0 Å². The van der Waals surface area contributed by atoms with E-state index in [-0.39, 0.29) is 59.0 Å². The van der Waals surface area contributed by atoms with Crippen molar-refractivity contribution in [1.82, 2.24) is 29.7 Å². The third kappa shape index (κ3) is 5.62. The Kier molecular flexibility index (Phi) is 7.78. The van der Waals surface area contributed by atoms with Crippen LogP contribution in [-0.4, -0.2) is 93.7 Å². The summed E-state index contributed by atoms with van der Waals surface area (Å²) in [5, 5.41) is 0.143. The lowest BCUT2D eigenvalue weighted by molar-refractivity contribution is -0.137. The zero-order valence-corrected chi connectivity index (χ0v) is 24.9. The molecule has 3 aromatic rings. The van der Waals surface area contributed by atoms with E-state index in [4.69, 9.17) is 10.5 Å². The number of halogens is 5. The molecular weight excluding hydrogens is 599 g/mol. The minimum atomic E-state index is -4.86. The number of anilines is 2. The summed E-state index contributed by atoms with van der Waals surface area (Å²) in [4.78, 5) is 34.1. The van der Waals surface area contributed by atoms with Crippen molar-refractivity contribution in [3.05, 3.63) is 41.9 Å². The first-order chi connectivity index (χ1) is 21.3. The molecule has 3 aliphatic heterocycles. The van der Waals surface area contributed by atoms with Gasteiger partial charge in [0.1, 0.15) is 41.3 Å². The van der Waals surface area contributed by atoms with E-state index in [0.717, 1.165) is 25.5 Å². The zero-order valence-electron chi connectivity index (χ0n) is 24.9. The number of aromatic nitrogens is 4. The lowest BCUT2D eigenvalue weighted by Crippen LogP contribution is -2.53. The van der Waals surface area contributed by atoms with Crippen molar-refractivity contribution in [2.24, 2.45) is 5.92 Å². The highest BCUT2D eigenvalue weighted by atomic mass is 19.4. The molecule has 3 fully saturated rings. The summed E-state index contributed by atoms with van der Waals surface area (Å²) in [6, 6.07) is 0.863. The van der Waals surface area contributed by atoms with Crippen LogP contribution in [0, 0.1) is 18.7 Å². The molecule has 0 aromatic carbocycles. The van der Waals surface area contributed by atoms with Crippen LogP contribution < -0.4 is 15.4 Å². The van der Waals surface area contributed by atoms with Crippen molar-refractivity contribution in [1.29, 1.82) is 0 Å². The maximum atomic E-state index is 16.3. The predicted molar refractivity (Wildman–Crippen MR) is 157 cm³/mol. The molecule has 0 radical (unpaired) electrons. The summed E-state index contributed by atoms with van der Waals surface area (Å²) >= 11 is 0. The molecule has 0 spiro atoms. The van der Waals surface area contributed by atoms with Crippen LogP contribution in [0.15, 0.2) is 24.9 Å². The number of nitrogens with zero attached hydrogens (tertiary/aromatic N) is 7. The third-order valence-corrected chi connectivity index (χ3v) is 8.96. The molecule has 6 rings (SSSR count). The number of nitrogens with two attached hydrogens (primary N) is 1. The molecule has 15 heteroatoms. The Hall–Kier alpha value is -4.14. The average molecular weight is 633 g/mol. The molecule has 3 aromatic heterocycles. The van der Waals surface area contributed by atoms with E-state index in [1.54, 1.807) is 16.8 Å². The Morgan fingerprint density at radius 3 is 2.71 bits per heavy atom. The molecule has 3 aliphatic rings. The number of fused-ring (bicyclic) bond motifs is 2. The molecule has 0 bridgehead atoms. The predicted octanol–water partition coefficient (Wildman–Crippen LogP) is 4.17. The van der Waals surface area contributed by atoms with Crippen molar-refractivity contribution < 1.29 is 31.5 Å². The molecular formula is C30H33F5N8O2. The first-order valence-corrected chi connectivity index (χ1v) is 14.6. The van der Waals surface area contributed by atoms with Gasteiger partial charge < -0.3 is 20.3 Å². The van der Waals surface area contributed by atoms with Crippen LogP contribution in [0.2, 0.25) is 0 Å². The number of amides is 1. The van der Waals surface area contributed by atoms with Gasteiger partial charge in [0.05, 0.1) is 16.5 Å². The molecule has 6 heterocycles. The third-order valence-electron chi connectivity index (χ3n) is 8.96. The first kappa shape index (κ1) is 30.9. The van der Waals surface area contributed by atoms with Gasteiger partial charge in [0, 0.05) is 51.8 Å². The lowest BCUT2D eigenvalue weighted by Gasteiger charge is -2.40. The average Bonchev–Trinajstić information content (AvgIpc) is 3.47. The Morgan fingerprint density at radius 2 is 2.00 bits per heavy atom. The molecule has 10 nitrogen and oxygen atoms in total. The normalized spacial score (nSPS) is 22.0. The minimum absolute atomic E-state index is 0.0665. The second kappa shape index (κ2) is 11.3. The standard InChI is InChI=1S/C30H33F5N8O2/c1-4-21(44)42-12-17(13-42)11-41(3)27-19-10-37-26(25-22(30(33,34)35)16(2)8-20(36)38-25)23(32)24(19)39-28(40-27)45-15-29-6-5-7-43(29)14-18(31)9-29/h4,8,10,17-18H,1,5-7,9,11-15H2,2-3H3,(H2,36,38)/t18-,29-/m1/s1. The second-order valence-electron chi connectivity index (χ2n) is 12.2. The zero-order chi connectivity index (χ0) is 32.3. The SMILES string of the molecule is C=CC(=O)N1CC(CN(C)c2nc(OC[C@]34CCCN3C[C@H](F)C4)nc3c(F)c(-c4nc(N)cc(C)c4C(F)(F)F)ncc23)C1. The van der Waals surface area contributed by atoms with Crippen LogP contribution in [-0.2, 0) is 11.0 Å². The van der Waals surface area contributed by atoms with E-state index in [1.807, 2.05) is 4.90 Å². The maximum absolute atomic E-state index is 16.3. The molecule has 0 unspecified atom stereocenters. The Bertz CT molecular complexity index is 1660. The fourth-order valence-electron chi connectivity index (χ4n) is 6.89. The molecule has 45 heavy (non-hydrogen) atoms. The van der Waals surface area contributed by atoms with Gasteiger partial charge in [0.15, 0.2) is 5.82 Å². The summed E-state index contributed by atoms with van der Waals surface area (Å²) in [5.41, 5.74) is 2.11. The fraction of sp³-hybridized carbons (Fsp3) is 0.500. The van der Waals surface area contributed by atoms with E-state index in [2.05, 4.69) is 26.5 Å². The molecule has 240 valence electrons. The van der Waals surface area contributed by atoms with Gasteiger partial charge in [0.2, 0.25) is 5.91 Å². The number of carbonyl (C=O) groups is 1. The van der Waals surface area contributed by atoms with Crippen molar-refractivity contribution >= 4 is 28.4 Å².